The Morgan fingerprint density at radius 1 is 1.31 bits per heavy atom. The number of esters is 1. The van der Waals surface area contributed by atoms with Crippen LogP contribution in [0.4, 0.5) is 0 Å². The average molecular weight is 214 g/mol. The lowest BCUT2D eigenvalue weighted by atomic mass is 10.2. The predicted molar refractivity (Wildman–Crippen MR) is 64.5 cm³/mol. The van der Waals surface area contributed by atoms with Crippen molar-refractivity contribution in [3.63, 3.8) is 0 Å². The third kappa shape index (κ3) is 4.45. The van der Waals surface area contributed by atoms with Crippen LogP contribution in [0.25, 0.3) is 6.08 Å². The number of benzene rings is 1. The van der Waals surface area contributed by atoms with Crippen molar-refractivity contribution in [1.29, 1.82) is 0 Å². The van der Waals surface area contributed by atoms with Crippen LogP contribution in [0.1, 0.15) is 19.4 Å². The highest BCUT2D eigenvalue weighted by Crippen LogP contribution is 2.05. The van der Waals surface area contributed by atoms with E-state index in [4.69, 9.17) is 4.74 Å². The van der Waals surface area contributed by atoms with Crippen LogP contribution in [0.3, 0.4) is 0 Å². The summed E-state index contributed by atoms with van der Waals surface area (Å²) < 4.78 is 4.96. The Hall–Kier alpha value is -2.05. The van der Waals surface area contributed by atoms with Gasteiger partial charge in [0.25, 0.3) is 0 Å². The molecule has 0 unspecified atom stereocenters. The molecule has 0 radical (unpaired) electrons. The summed E-state index contributed by atoms with van der Waals surface area (Å²) >= 11 is 0. The summed E-state index contributed by atoms with van der Waals surface area (Å²) in [6.45, 7) is 3.19. The third-order valence-corrected chi connectivity index (χ3v) is 1.77. The highest BCUT2D eigenvalue weighted by Gasteiger charge is 1.95. The van der Waals surface area contributed by atoms with Gasteiger partial charge in [0.15, 0.2) is 5.76 Å². The normalized spacial score (nSPS) is 9.62. The summed E-state index contributed by atoms with van der Waals surface area (Å²) in [6, 6.07) is 9.79. The highest BCUT2D eigenvalue weighted by atomic mass is 16.5. The maximum Gasteiger partial charge on any atom is 0.308 e. The minimum Gasteiger partial charge on any atom is -0.418 e. The SMILES string of the molecule is CC=C=C(C=Cc1ccccc1)OC(C)=O. The first-order chi connectivity index (χ1) is 7.72. The van der Waals surface area contributed by atoms with E-state index in [0.717, 1.165) is 5.56 Å². The number of ether oxygens (including phenoxy) is 1. The number of carbonyl (C=O) groups is 1. The van der Waals surface area contributed by atoms with Gasteiger partial charge in [-0.2, -0.15) is 0 Å². The van der Waals surface area contributed by atoms with Gasteiger partial charge in [-0.05, 0) is 24.6 Å². The topological polar surface area (TPSA) is 26.3 Å². The summed E-state index contributed by atoms with van der Waals surface area (Å²) in [6.07, 6.45) is 5.29. The monoisotopic (exact) mass is 214 g/mol. The lowest BCUT2D eigenvalue weighted by molar-refractivity contribution is -0.136. The van der Waals surface area contributed by atoms with Gasteiger partial charge in [-0.15, -0.1) is 0 Å². The minimum atomic E-state index is -0.345. The van der Waals surface area contributed by atoms with Gasteiger partial charge in [-0.3, -0.25) is 4.79 Å². The van der Waals surface area contributed by atoms with E-state index in [1.165, 1.54) is 6.92 Å². The zero-order valence-electron chi connectivity index (χ0n) is 9.44. The van der Waals surface area contributed by atoms with E-state index in [1.807, 2.05) is 43.3 Å². The van der Waals surface area contributed by atoms with Gasteiger partial charge in [-0.25, -0.2) is 0 Å². The summed E-state index contributed by atoms with van der Waals surface area (Å²) in [4.78, 5) is 10.8. The van der Waals surface area contributed by atoms with Crippen LogP contribution < -0.4 is 0 Å². The quantitative estimate of drug-likeness (QED) is 0.334. The van der Waals surface area contributed by atoms with Crippen molar-refractivity contribution in [2.24, 2.45) is 0 Å². The fraction of sp³-hybridized carbons (Fsp3) is 0.143. The van der Waals surface area contributed by atoms with E-state index in [1.54, 1.807) is 12.2 Å². The molecule has 0 aliphatic carbocycles. The number of carbonyl (C=O) groups excluding carboxylic acids is 1. The van der Waals surface area contributed by atoms with Gasteiger partial charge in [0.2, 0.25) is 0 Å². The van der Waals surface area contributed by atoms with E-state index in [2.05, 4.69) is 5.73 Å². The molecule has 0 fully saturated rings. The molecule has 1 rings (SSSR count). The van der Waals surface area contributed by atoms with Gasteiger partial charge in [-0.1, -0.05) is 42.1 Å². The van der Waals surface area contributed by atoms with Crippen molar-refractivity contribution in [2.75, 3.05) is 0 Å². The van der Waals surface area contributed by atoms with Crippen molar-refractivity contribution in [2.45, 2.75) is 13.8 Å². The van der Waals surface area contributed by atoms with E-state index in [-0.39, 0.29) is 5.97 Å². The van der Waals surface area contributed by atoms with E-state index in [9.17, 15) is 4.79 Å². The summed E-state index contributed by atoms with van der Waals surface area (Å²) in [5.41, 5.74) is 3.89. The number of allylic oxidation sites excluding steroid dienone is 1. The van der Waals surface area contributed by atoms with Crippen LogP contribution in [0, 0.1) is 0 Å². The molecule has 0 bridgehead atoms. The average Bonchev–Trinajstić information content (AvgIpc) is 2.27. The first-order valence-electron chi connectivity index (χ1n) is 5.05. The molecule has 1 aromatic carbocycles. The molecule has 0 amide bonds. The van der Waals surface area contributed by atoms with Crippen molar-refractivity contribution >= 4 is 12.0 Å². The molecule has 0 saturated carbocycles. The summed E-state index contributed by atoms with van der Waals surface area (Å²) in [7, 11) is 0. The number of hydrogen-bond acceptors (Lipinski definition) is 2. The second-order valence-corrected chi connectivity index (χ2v) is 3.13. The molecule has 0 spiro atoms. The molecule has 0 saturated heterocycles. The molecule has 16 heavy (non-hydrogen) atoms. The molecule has 0 heterocycles. The Balaban J connectivity index is 2.81. The Bertz CT molecular complexity index is 435. The van der Waals surface area contributed by atoms with Gasteiger partial charge in [0.1, 0.15) is 0 Å². The number of rotatable bonds is 3. The molecule has 1 aromatic rings. The Labute approximate surface area is 95.6 Å². The standard InChI is InChI=1S/C14H14O2/c1-3-7-14(16-12(2)15)11-10-13-8-5-4-6-9-13/h3-6,8-11H,1-2H3. The van der Waals surface area contributed by atoms with E-state index in [0.29, 0.717) is 5.76 Å². The van der Waals surface area contributed by atoms with Gasteiger partial charge in [0, 0.05) is 6.92 Å². The van der Waals surface area contributed by atoms with Gasteiger partial charge >= 0.3 is 5.97 Å². The van der Waals surface area contributed by atoms with E-state index >= 15 is 0 Å². The van der Waals surface area contributed by atoms with Crippen molar-refractivity contribution < 1.29 is 9.53 Å². The molecule has 0 aliphatic heterocycles. The molecule has 0 aliphatic rings. The molecule has 0 N–H and O–H groups in total. The van der Waals surface area contributed by atoms with Gasteiger partial charge < -0.3 is 4.74 Å². The molecule has 0 atom stereocenters. The Kier molecular flexibility index (Phi) is 4.84. The first kappa shape index (κ1) is 12.0. The lowest BCUT2D eigenvalue weighted by Crippen LogP contribution is -1.95. The van der Waals surface area contributed by atoms with E-state index < -0.39 is 0 Å². The molecule has 82 valence electrons. The maximum atomic E-state index is 10.8. The van der Waals surface area contributed by atoms with Crippen LogP contribution in [-0.2, 0) is 9.53 Å². The van der Waals surface area contributed by atoms with Crippen LogP contribution in [0.15, 0.2) is 54.0 Å². The zero-order chi connectivity index (χ0) is 11.8. The molecular weight excluding hydrogens is 200 g/mol. The molecular formula is C14H14O2. The molecule has 2 nitrogen and oxygen atoms in total. The second-order valence-electron chi connectivity index (χ2n) is 3.13. The lowest BCUT2D eigenvalue weighted by Gasteiger charge is -1.98. The molecule has 0 aromatic heterocycles. The highest BCUT2D eigenvalue weighted by molar-refractivity contribution is 5.68. The van der Waals surface area contributed by atoms with Crippen molar-refractivity contribution in [1.82, 2.24) is 0 Å². The largest absolute Gasteiger partial charge is 0.418 e. The van der Waals surface area contributed by atoms with Crippen LogP contribution in [0.5, 0.6) is 0 Å². The summed E-state index contributed by atoms with van der Waals surface area (Å²) in [5, 5.41) is 0. The third-order valence-electron chi connectivity index (χ3n) is 1.77. The molecule has 2 heteroatoms. The van der Waals surface area contributed by atoms with Crippen LogP contribution in [-0.4, -0.2) is 5.97 Å². The van der Waals surface area contributed by atoms with Crippen LogP contribution >= 0.6 is 0 Å². The van der Waals surface area contributed by atoms with Crippen molar-refractivity contribution in [3.8, 4) is 0 Å². The fourth-order valence-electron chi connectivity index (χ4n) is 1.14. The van der Waals surface area contributed by atoms with Crippen LogP contribution in [0.2, 0.25) is 0 Å². The first-order valence-corrected chi connectivity index (χ1v) is 5.05. The fourth-order valence-corrected chi connectivity index (χ4v) is 1.14. The van der Waals surface area contributed by atoms with Crippen molar-refractivity contribution in [3.05, 3.63) is 59.5 Å². The Morgan fingerprint density at radius 2 is 2.00 bits per heavy atom. The Morgan fingerprint density at radius 3 is 2.56 bits per heavy atom. The maximum absolute atomic E-state index is 10.8. The summed E-state index contributed by atoms with van der Waals surface area (Å²) in [5.74, 6) is 0.0703. The zero-order valence-corrected chi connectivity index (χ0v) is 9.44. The minimum absolute atomic E-state index is 0.345. The number of hydrogen-bond donors (Lipinski definition) is 0. The smallest absolute Gasteiger partial charge is 0.308 e. The van der Waals surface area contributed by atoms with Gasteiger partial charge in [0.05, 0.1) is 0 Å². The predicted octanol–water partition coefficient (Wildman–Crippen LogP) is 3.32. The second kappa shape index (κ2) is 6.44.